The Labute approximate surface area is 154 Å². The van der Waals surface area contributed by atoms with E-state index in [0.717, 1.165) is 6.07 Å². The normalized spacial score (nSPS) is 16.1. The standard InChI is InChI=1S/C16H23F2N3O.2ClH/c1-12(14-5-4-13(17)11-15(14)18)20-7-9-21(10-8-20)16(22)3-2-6-19;;/h4-5,11-12H,2-3,6-10,19H2,1H3;2*1H. The molecule has 1 aliphatic heterocycles. The number of amides is 1. The predicted octanol–water partition coefficient (Wildman–Crippen LogP) is 2.75. The zero-order valence-electron chi connectivity index (χ0n) is 13.7. The lowest BCUT2D eigenvalue weighted by Gasteiger charge is -2.38. The molecule has 1 aromatic rings. The molecule has 0 saturated carbocycles. The van der Waals surface area contributed by atoms with E-state index in [1.54, 1.807) is 0 Å². The van der Waals surface area contributed by atoms with E-state index in [9.17, 15) is 13.6 Å². The fourth-order valence-corrected chi connectivity index (χ4v) is 2.81. The van der Waals surface area contributed by atoms with Crippen LogP contribution in [0.4, 0.5) is 8.78 Å². The van der Waals surface area contributed by atoms with Crippen molar-refractivity contribution in [2.75, 3.05) is 32.7 Å². The molecule has 1 aliphatic rings. The lowest BCUT2D eigenvalue weighted by molar-refractivity contribution is -0.133. The molecule has 8 heteroatoms. The summed E-state index contributed by atoms with van der Waals surface area (Å²) in [6.45, 7) is 5.07. The highest BCUT2D eigenvalue weighted by atomic mass is 35.5. The SMILES string of the molecule is CC(c1ccc(F)cc1F)N1CCN(C(=O)CCCN)CC1.Cl.Cl. The summed E-state index contributed by atoms with van der Waals surface area (Å²) in [4.78, 5) is 15.9. The Hall–Kier alpha value is -0.950. The highest BCUT2D eigenvalue weighted by Crippen LogP contribution is 2.24. The molecule has 2 N–H and O–H groups in total. The second kappa shape index (κ2) is 10.8. The summed E-state index contributed by atoms with van der Waals surface area (Å²) in [6.07, 6.45) is 1.19. The third-order valence-corrected chi connectivity index (χ3v) is 4.22. The van der Waals surface area contributed by atoms with Gasteiger partial charge in [0.25, 0.3) is 0 Å². The van der Waals surface area contributed by atoms with Crippen molar-refractivity contribution >= 4 is 30.7 Å². The minimum Gasteiger partial charge on any atom is -0.340 e. The molecule has 24 heavy (non-hydrogen) atoms. The van der Waals surface area contributed by atoms with E-state index in [2.05, 4.69) is 4.90 Å². The zero-order chi connectivity index (χ0) is 16.1. The Morgan fingerprint density at radius 3 is 2.38 bits per heavy atom. The van der Waals surface area contributed by atoms with E-state index in [4.69, 9.17) is 5.73 Å². The molecule has 1 fully saturated rings. The van der Waals surface area contributed by atoms with Crippen molar-refractivity contribution in [1.29, 1.82) is 0 Å². The molecule has 0 aliphatic carbocycles. The van der Waals surface area contributed by atoms with Crippen molar-refractivity contribution < 1.29 is 13.6 Å². The Balaban J connectivity index is 0.00000264. The maximum atomic E-state index is 13.9. The summed E-state index contributed by atoms with van der Waals surface area (Å²) in [6, 6.07) is 3.55. The van der Waals surface area contributed by atoms with Gasteiger partial charge in [0.05, 0.1) is 0 Å². The van der Waals surface area contributed by atoms with Crippen LogP contribution in [0.15, 0.2) is 18.2 Å². The lowest BCUT2D eigenvalue weighted by atomic mass is 10.1. The fraction of sp³-hybridized carbons (Fsp3) is 0.562. The Kier molecular flexibility index (Phi) is 10.4. The first-order valence-corrected chi connectivity index (χ1v) is 7.69. The Bertz CT molecular complexity index is 526. The van der Waals surface area contributed by atoms with Crippen LogP contribution >= 0.6 is 24.8 Å². The number of carbonyl (C=O) groups excluding carboxylic acids is 1. The van der Waals surface area contributed by atoms with Crippen molar-refractivity contribution in [2.24, 2.45) is 5.73 Å². The van der Waals surface area contributed by atoms with Gasteiger partial charge in [-0.2, -0.15) is 0 Å². The number of nitrogens with two attached hydrogens (primary N) is 1. The molecule has 1 saturated heterocycles. The minimum absolute atomic E-state index is 0. The van der Waals surface area contributed by atoms with E-state index in [1.165, 1.54) is 12.1 Å². The summed E-state index contributed by atoms with van der Waals surface area (Å²) in [5.41, 5.74) is 5.91. The first-order chi connectivity index (χ1) is 10.5. The first kappa shape index (κ1) is 23.1. The van der Waals surface area contributed by atoms with Gasteiger partial charge in [0.1, 0.15) is 11.6 Å². The van der Waals surface area contributed by atoms with Crippen LogP contribution < -0.4 is 5.73 Å². The van der Waals surface area contributed by atoms with Crippen LogP contribution in [-0.2, 0) is 4.79 Å². The molecule has 1 aromatic carbocycles. The summed E-state index contributed by atoms with van der Waals surface area (Å²) in [5, 5.41) is 0. The van der Waals surface area contributed by atoms with Gasteiger partial charge >= 0.3 is 0 Å². The molecule has 0 spiro atoms. The molecule has 138 valence electrons. The molecule has 2 rings (SSSR count). The molecule has 1 heterocycles. The number of carbonyl (C=O) groups is 1. The van der Waals surface area contributed by atoms with E-state index in [1.807, 2.05) is 11.8 Å². The van der Waals surface area contributed by atoms with Gasteiger partial charge in [0, 0.05) is 50.3 Å². The van der Waals surface area contributed by atoms with Crippen molar-refractivity contribution in [3.05, 3.63) is 35.4 Å². The van der Waals surface area contributed by atoms with E-state index in [-0.39, 0.29) is 36.8 Å². The van der Waals surface area contributed by atoms with Crippen LogP contribution in [0.25, 0.3) is 0 Å². The number of rotatable bonds is 5. The number of benzene rings is 1. The fourth-order valence-electron chi connectivity index (χ4n) is 2.81. The number of piperazine rings is 1. The Morgan fingerprint density at radius 1 is 1.21 bits per heavy atom. The topological polar surface area (TPSA) is 49.6 Å². The molecule has 1 amide bonds. The summed E-state index contributed by atoms with van der Waals surface area (Å²) < 4.78 is 26.8. The molecule has 0 radical (unpaired) electrons. The Morgan fingerprint density at radius 2 is 1.83 bits per heavy atom. The maximum absolute atomic E-state index is 13.9. The van der Waals surface area contributed by atoms with Crippen molar-refractivity contribution in [2.45, 2.75) is 25.8 Å². The van der Waals surface area contributed by atoms with Crippen molar-refractivity contribution in [3.63, 3.8) is 0 Å². The van der Waals surface area contributed by atoms with Gasteiger partial charge in [-0.25, -0.2) is 8.78 Å². The van der Waals surface area contributed by atoms with E-state index >= 15 is 0 Å². The number of hydrogen-bond acceptors (Lipinski definition) is 3. The highest BCUT2D eigenvalue weighted by Gasteiger charge is 2.25. The number of nitrogens with zero attached hydrogens (tertiary/aromatic N) is 2. The third kappa shape index (κ3) is 5.84. The van der Waals surface area contributed by atoms with E-state index in [0.29, 0.717) is 51.1 Å². The summed E-state index contributed by atoms with van der Waals surface area (Å²) in [7, 11) is 0. The highest BCUT2D eigenvalue weighted by molar-refractivity contribution is 5.85. The summed E-state index contributed by atoms with van der Waals surface area (Å²) in [5.74, 6) is -0.955. The van der Waals surface area contributed by atoms with Gasteiger partial charge < -0.3 is 10.6 Å². The molecule has 4 nitrogen and oxygen atoms in total. The van der Waals surface area contributed by atoms with Gasteiger partial charge in [-0.05, 0) is 26.0 Å². The van der Waals surface area contributed by atoms with Crippen LogP contribution in [0.2, 0.25) is 0 Å². The van der Waals surface area contributed by atoms with Crippen LogP contribution in [0.1, 0.15) is 31.4 Å². The molecular formula is C16H25Cl2F2N3O. The maximum Gasteiger partial charge on any atom is 0.222 e. The number of hydrogen-bond donors (Lipinski definition) is 1. The van der Waals surface area contributed by atoms with Gasteiger partial charge in [0.2, 0.25) is 5.91 Å². The van der Waals surface area contributed by atoms with Crippen LogP contribution in [-0.4, -0.2) is 48.4 Å². The van der Waals surface area contributed by atoms with Gasteiger partial charge in [-0.1, -0.05) is 6.07 Å². The molecular weight excluding hydrogens is 359 g/mol. The lowest BCUT2D eigenvalue weighted by Crippen LogP contribution is -2.49. The van der Waals surface area contributed by atoms with Crippen LogP contribution in [0, 0.1) is 11.6 Å². The average molecular weight is 384 g/mol. The quantitative estimate of drug-likeness (QED) is 0.850. The monoisotopic (exact) mass is 383 g/mol. The molecule has 0 aromatic heterocycles. The third-order valence-electron chi connectivity index (χ3n) is 4.22. The number of halogens is 4. The van der Waals surface area contributed by atoms with Crippen molar-refractivity contribution in [1.82, 2.24) is 9.80 Å². The summed E-state index contributed by atoms with van der Waals surface area (Å²) >= 11 is 0. The largest absolute Gasteiger partial charge is 0.340 e. The molecule has 1 atom stereocenters. The molecule has 0 bridgehead atoms. The predicted molar refractivity (Wildman–Crippen MR) is 95.7 cm³/mol. The minimum atomic E-state index is -0.566. The van der Waals surface area contributed by atoms with Crippen LogP contribution in [0.3, 0.4) is 0 Å². The zero-order valence-corrected chi connectivity index (χ0v) is 15.3. The first-order valence-electron chi connectivity index (χ1n) is 7.69. The van der Waals surface area contributed by atoms with Gasteiger partial charge in [-0.15, -0.1) is 24.8 Å². The van der Waals surface area contributed by atoms with Crippen LogP contribution in [0.5, 0.6) is 0 Å². The second-order valence-corrected chi connectivity index (χ2v) is 5.65. The average Bonchev–Trinajstić information content (AvgIpc) is 2.52. The van der Waals surface area contributed by atoms with Gasteiger partial charge in [-0.3, -0.25) is 9.69 Å². The van der Waals surface area contributed by atoms with E-state index < -0.39 is 11.6 Å². The second-order valence-electron chi connectivity index (χ2n) is 5.65. The van der Waals surface area contributed by atoms with Gasteiger partial charge in [0.15, 0.2) is 0 Å². The smallest absolute Gasteiger partial charge is 0.222 e. The molecule has 1 unspecified atom stereocenters. The van der Waals surface area contributed by atoms with Crippen molar-refractivity contribution in [3.8, 4) is 0 Å².